The summed E-state index contributed by atoms with van der Waals surface area (Å²) in [6, 6.07) is 66.9. The lowest BCUT2D eigenvalue weighted by atomic mass is 9.89. The van der Waals surface area contributed by atoms with E-state index >= 15 is 0 Å². The largest absolute Gasteiger partial charge is 0.311 e. The molecule has 0 spiro atoms. The molecule has 250 valence electrons. The second-order valence-electron chi connectivity index (χ2n) is 13.0. The van der Waals surface area contributed by atoms with Crippen LogP contribution < -0.4 is 4.90 Å². The number of hydrogen-bond acceptors (Lipinski definition) is 1. The average Bonchev–Trinajstić information content (AvgIpc) is 3.28. The van der Waals surface area contributed by atoms with Gasteiger partial charge in [0.2, 0.25) is 0 Å². The third-order valence-electron chi connectivity index (χ3n) is 9.78. The molecule has 0 saturated carbocycles. The molecule has 0 aromatic heterocycles. The van der Waals surface area contributed by atoms with Gasteiger partial charge >= 0.3 is 0 Å². The van der Waals surface area contributed by atoms with Crippen LogP contribution in [0.5, 0.6) is 0 Å². The number of benzene rings is 9. The van der Waals surface area contributed by atoms with Gasteiger partial charge in [0.1, 0.15) is 0 Å². The molecule has 0 bridgehead atoms. The zero-order chi connectivity index (χ0) is 38.9. The van der Waals surface area contributed by atoms with Crippen LogP contribution in [-0.2, 0) is 0 Å². The van der Waals surface area contributed by atoms with E-state index in [1.807, 2.05) is 120 Å². The normalized spacial score (nSPS) is 12.1. The summed E-state index contributed by atoms with van der Waals surface area (Å²) in [5.41, 5.74) is 11.1. The van der Waals surface area contributed by atoms with Gasteiger partial charge in [0.25, 0.3) is 0 Å². The molecule has 0 amide bonds. The maximum Gasteiger partial charge on any atom is 0.0645 e. The molecule has 0 heterocycles. The second-order valence-corrected chi connectivity index (χ2v) is 13.0. The van der Waals surface area contributed by atoms with Crippen molar-refractivity contribution < 1.29 is 5.48 Å². The zero-order valence-corrected chi connectivity index (χ0v) is 29.0. The maximum absolute atomic E-state index is 9.46. The summed E-state index contributed by atoms with van der Waals surface area (Å²) >= 11 is 0. The molecule has 0 aliphatic carbocycles. The summed E-state index contributed by atoms with van der Waals surface area (Å²) in [7, 11) is 0. The first-order valence-electron chi connectivity index (χ1n) is 19.9. The van der Waals surface area contributed by atoms with Gasteiger partial charge in [-0.15, -0.1) is 0 Å². The van der Waals surface area contributed by atoms with Crippen LogP contribution in [0.4, 0.5) is 17.1 Å². The number of hydrogen-bond donors (Lipinski definition) is 0. The Hall–Kier alpha value is -6.96. The van der Waals surface area contributed by atoms with Crippen LogP contribution in [0, 0.1) is 0 Å². The minimum absolute atomic E-state index is 0.0933. The molecule has 9 aromatic rings. The van der Waals surface area contributed by atoms with Gasteiger partial charge in [-0.2, -0.15) is 0 Å². The minimum atomic E-state index is -0.116. The van der Waals surface area contributed by atoms with Crippen molar-refractivity contribution >= 4 is 27.8 Å². The van der Waals surface area contributed by atoms with Crippen LogP contribution >= 0.6 is 0 Å². The fourth-order valence-corrected chi connectivity index (χ4v) is 7.08. The Balaban J connectivity index is 1.18. The predicted octanol–water partition coefficient (Wildman–Crippen LogP) is 14.6. The van der Waals surface area contributed by atoms with Gasteiger partial charge in [0.05, 0.1) is 5.48 Å². The van der Waals surface area contributed by atoms with E-state index in [1.165, 1.54) is 0 Å². The summed E-state index contributed by atoms with van der Waals surface area (Å²) in [5.74, 6) is 0. The first-order chi connectivity index (χ1) is 28.0. The molecule has 1 heteroatoms. The van der Waals surface area contributed by atoms with Crippen molar-refractivity contribution in [2.75, 3.05) is 4.90 Å². The first kappa shape index (κ1) is 27.7. The predicted molar refractivity (Wildman–Crippen MR) is 226 cm³/mol. The topological polar surface area (TPSA) is 3.24 Å². The van der Waals surface area contributed by atoms with Gasteiger partial charge in [0, 0.05) is 17.1 Å². The molecule has 9 aromatic carbocycles. The van der Waals surface area contributed by atoms with E-state index in [-0.39, 0.29) is 35.4 Å². The highest BCUT2D eigenvalue weighted by atomic mass is 15.1. The number of fused-ring (bicyclic) bond motifs is 1. The van der Waals surface area contributed by atoms with Crippen molar-refractivity contribution in [3.8, 4) is 55.6 Å². The van der Waals surface area contributed by atoms with Gasteiger partial charge in [-0.05, 0) is 103 Å². The van der Waals surface area contributed by atoms with Crippen LogP contribution in [0.2, 0.25) is 0 Å². The van der Waals surface area contributed by atoms with Gasteiger partial charge < -0.3 is 4.90 Å². The van der Waals surface area contributed by atoms with Crippen molar-refractivity contribution in [3.63, 3.8) is 0 Å². The molecule has 0 atom stereocenters. The lowest BCUT2D eigenvalue weighted by Gasteiger charge is -2.26. The van der Waals surface area contributed by atoms with Crippen LogP contribution in [0.25, 0.3) is 66.4 Å². The highest BCUT2D eigenvalue weighted by Gasteiger charge is 2.16. The smallest absolute Gasteiger partial charge is 0.0645 e. The Labute approximate surface area is 317 Å². The second kappa shape index (κ2) is 14.3. The molecule has 0 N–H and O–H groups in total. The van der Waals surface area contributed by atoms with Crippen molar-refractivity contribution in [2.24, 2.45) is 0 Å². The third-order valence-corrected chi connectivity index (χ3v) is 9.78. The zero-order valence-electron chi connectivity index (χ0n) is 33.0. The first-order valence-corrected chi connectivity index (χ1v) is 17.9. The van der Waals surface area contributed by atoms with E-state index in [4.69, 9.17) is 0 Å². The molecular weight excluding hydrogens is 639 g/mol. The lowest BCUT2D eigenvalue weighted by Crippen LogP contribution is -2.09. The molecule has 0 saturated heterocycles. The van der Waals surface area contributed by atoms with Gasteiger partial charge in [-0.3, -0.25) is 0 Å². The Morgan fingerprint density at radius 2 is 0.698 bits per heavy atom. The van der Waals surface area contributed by atoms with Gasteiger partial charge in [-0.25, -0.2) is 0 Å². The molecule has 0 aliphatic heterocycles. The molecular formula is C52H37N. The van der Waals surface area contributed by atoms with Crippen LogP contribution in [-0.4, -0.2) is 0 Å². The van der Waals surface area contributed by atoms with Crippen molar-refractivity contribution in [3.05, 3.63) is 224 Å². The van der Waals surface area contributed by atoms with Crippen molar-refractivity contribution in [1.82, 2.24) is 0 Å². The Morgan fingerprint density at radius 3 is 1.25 bits per heavy atom. The van der Waals surface area contributed by atoms with Gasteiger partial charge in [0.15, 0.2) is 0 Å². The Bertz CT molecular complexity index is 2810. The van der Waals surface area contributed by atoms with E-state index in [1.54, 1.807) is 0 Å². The van der Waals surface area contributed by atoms with Gasteiger partial charge in [-0.1, -0.05) is 188 Å². The highest BCUT2D eigenvalue weighted by molar-refractivity contribution is 6.04. The SMILES string of the molecule is [2H]c1c([2H])c(N(c2ccc(-c3ccccc3)cc2)c2ccc(-c3c(-c4ccccc4)ccc4ccccc34)cc2)c([2H])c([2H])c1-c1ccc(-c2ccccc2)cc1. The molecule has 9 rings (SSSR count). The summed E-state index contributed by atoms with van der Waals surface area (Å²) < 4.78 is 37.5. The summed E-state index contributed by atoms with van der Waals surface area (Å²) in [6.07, 6.45) is 0. The van der Waals surface area contributed by atoms with E-state index in [0.29, 0.717) is 11.3 Å². The number of nitrogens with zero attached hydrogens (tertiary/aromatic N) is 1. The Kier molecular flexibility index (Phi) is 7.50. The molecule has 0 unspecified atom stereocenters. The van der Waals surface area contributed by atoms with Crippen LogP contribution in [0.1, 0.15) is 5.48 Å². The molecule has 1 nitrogen and oxygen atoms in total. The average molecular weight is 680 g/mol. The van der Waals surface area contributed by atoms with E-state index in [0.717, 1.165) is 61.0 Å². The highest BCUT2D eigenvalue weighted by Crippen LogP contribution is 2.41. The Morgan fingerprint density at radius 1 is 0.283 bits per heavy atom. The maximum atomic E-state index is 9.46. The third kappa shape index (κ3) is 6.53. The quantitative estimate of drug-likeness (QED) is 0.154. The standard InChI is InChI=1S/C52H37N/c1-4-12-38(13-5-1)40-20-22-41(23-21-40)43-26-33-48(34-27-43)53(47-31-24-42(25-32-47)39-14-6-2-7-15-39)49-35-28-46(29-36-49)52-50-19-11-10-18-45(50)30-37-51(52)44-16-8-3-9-17-44/h1-37H/i26D,27D,33D,34D. The summed E-state index contributed by atoms with van der Waals surface area (Å²) in [6.45, 7) is 0. The fraction of sp³-hybridized carbons (Fsp3) is 0. The molecule has 0 radical (unpaired) electrons. The van der Waals surface area contributed by atoms with E-state index < -0.39 is 0 Å². The van der Waals surface area contributed by atoms with E-state index in [9.17, 15) is 5.48 Å². The number of anilines is 3. The monoisotopic (exact) mass is 679 g/mol. The summed E-state index contributed by atoms with van der Waals surface area (Å²) in [4.78, 5) is 1.85. The van der Waals surface area contributed by atoms with Crippen LogP contribution in [0.3, 0.4) is 0 Å². The minimum Gasteiger partial charge on any atom is -0.311 e. The van der Waals surface area contributed by atoms with Crippen molar-refractivity contribution in [1.29, 1.82) is 0 Å². The fourth-order valence-electron chi connectivity index (χ4n) is 7.08. The van der Waals surface area contributed by atoms with Crippen molar-refractivity contribution in [2.45, 2.75) is 0 Å². The molecule has 0 fully saturated rings. The summed E-state index contributed by atoms with van der Waals surface area (Å²) in [5, 5.41) is 2.29. The molecule has 53 heavy (non-hydrogen) atoms. The van der Waals surface area contributed by atoms with Crippen LogP contribution in [0.15, 0.2) is 224 Å². The molecule has 0 aliphatic rings. The lowest BCUT2D eigenvalue weighted by molar-refractivity contribution is 1.28. The number of rotatable bonds is 8. The van der Waals surface area contributed by atoms with E-state index in [2.05, 4.69) is 84.9 Å².